The number of carbonyl (C=O) groups is 1. The number of aliphatic hydroxyl groups is 1. The number of nitrogens with zero attached hydrogens (tertiary/aromatic N) is 3. The lowest BCUT2D eigenvalue weighted by Crippen LogP contribution is -2.37. The fraction of sp³-hybridized carbons (Fsp3) is 0.714. The third-order valence-corrected chi connectivity index (χ3v) is 3.05. The summed E-state index contributed by atoms with van der Waals surface area (Å²) in [4.78, 5) is 14.0. The maximum Gasteiger partial charge on any atom is 0.323 e. The number of amides is 2. The summed E-state index contributed by atoms with van der Waals surface area (Å²) >= 11 is 0. The number of hydrogen-bond donors (Lipinski definition) is 2. The van der Waals surface area contributed by atoms with Crippen LogP contribution in [0.15, 0.2) is 12.3 Å². The van der Waals surface area contributed by atoms with E-state index < -0.39 is 0 Å². The molecule has 1 aromatic rings. The molecule has 114 valence electrons. The number of urea groups is 1. The first kappa shape index (κ1) is 16.5. The second-order valence-electron chi connectivity index (χ2n) is 5.10. The molecule has 0 aliphatic rings. The molecular weight excluding hydrogens is 256 g/mol. The van der Waals surface area contributed by atoms with E-state index in [1.54, 1.807) is 21.8 Å². The molecule has 6 nitrogen and oxygen atoms in total. The summed E-state index contributed by atoms with van der Waals surface area (Å²) in [6.45, 7) is 7.50. The molecule has 20 heavy (non-hydrogen) atoms. The zero-order chi connectivity index (χ0) is 15.0. The highest BCUT2D eigenvalue weighted by Gasteiger charge is 2.15. The first-order valence-corrected chi connectivity index (χ1v) is 7.30. The van der Waals surface area contributed by atoms with Crippen LogP contribution in [0.5, 0.6) is 0 Å². The van der Waals surface area contributed by atoms with Crippen LogP contribution >= 0.6 is 0 Å². The number of carbonyl (C=O) groups excluding carboxylic acids is 1. The van der Waals surface area contributed by atoms with E-state index in [2.05, 4.69) is 17.3 Å². The molecule has 2 N–H and O–H groups in total. The lowest BCUT2D eigenvalue weighted by Gasteiger charge is -2.23. The second-order valence-corrected chi connectivity index (χ2v) is 5.10. The first-order valence-electron chi connectivity index (χ1n) is 7.30. The standard InChI is InChI=1S/C14H26N4O2/c1-4-5-9-17(10-6-11-19)14(20)16-13-7-8-15-18(13)12(2)3/h7-8,12,19H,4-6,9-11H2,1-3H3,(H,16,20). The molecule has 0 aliphatic carbocycles. The molecule has 0 spiro atoms. The van der Waals surface area contributed by atoms with Crippen LogP contribution in [0, 0.1) is 0 Å². The van der Waals surface area contributed by atoms with Gasteiger partial charge in [-0.2, -0.15) is 5.10 Å². The normalized spacial score (nSPS) is 10.8. The van der Waals surface area contributed by atoms with Gasteiger partial charge in [0.25, 0.3) is 0 Å². The van der Waals surface area contributed by atoms with Gasteiger partial charge in [-0.15, -0.1) is 0 Å². The Balaban J connectivity index is 2.66. The number of aliphatic hydroxyl groups excluding tert-OH is 1. The molecule has 0 aliphatic heterocycles. The van der Waals surface area contributed by atoms with Gasteiger partial charge in [0.2, 0.25) is 0 Å². The summed E-state index contributed by atoms with van der Waals surface area (Å²) in [5, 5.41) is 16.0. The molecule has 1 rings (SSSR count). The topological polar surface area (TPSA) is 70.4 Å². The van der Waals surface area contributed by atoms with Crippen molar-refractivity contribution in [2.75, 3.05) is 25.0 Å². The molecule has 1 heterocycles. The molecule has 0 atom stereocenters. The van der Waals surface area contributed by atoms with Crippen molar-refractivity contribution in [3.8, 4) is 0 Å². The number of aromatic nitrogens is 2. The van der Waals surface area contributed by atoms with Gasteiger partial charge in [-0.25, -0.2) is 9.48 Å². The summed E-state index contributed by atoms with van der Waals surface area (Å²) in [6.07, 6.45) is 4.27. The van der Waals surface area contributed by atoms with Gasteiger partial charge < -0.3 is 10.0 Å². The Kier molecular flexibility index (Phi) is 7.08. The third kappa shape index (κ3) is 4.85. The lowest BCUT2D eigenvalue weighted by molar-refractivity contribution is 0.200. The monoisotopic (exact) mass is 282 g/mol. The van der Waals surface area contributed by atoms with Crippen molar-refractivity contribution in [3.63, 3.8) is 0 Å². The predicted octanol–water partition coefficient (Wildman–Crippen LogP) is 2.48. The first-order chi connectivity index (χ1) is 9.60. The van der Waals surface area contributed by atoms with Crippen molar-refractivity contribution in [3.05, 3.63) is 12.3 Å². The minimum absolute atomic E-state index is 0.0971. The Labute approximate surface area is 120 Å². The molecule has 2 amide bonds. The zero-order valence-electron chi connectivity index (χ0n) is 12.7. The van der Waals surface area contributed by atoms with Gasteiger partial charge in [-0.05, 0) is 26.7 Å². The SMILES string of the molecule is CCCCN(CCCO)C(=O)Nc1ccnn1C(C)C. The Morgan fingerprint density at radius 1 is 1.45 bits per heavy atom. The lowest BCUT2D eigenvalue weighted by atomic mass is 10.3. The summed E-state index contributed by atoms with van der Waals surface area (Å²) in [5.74, 6) is 0.704. The van der Waals surface area contributed by atoms with Crippen LogP contribution in [0.3, 0.4) is 0 Å². The molecule has 0 saturated heterocycles. The summed E-state index contributed by atoms with van der Waals surface area (Å²) < 4.78 is 1.78. The van der Waals surface area contributed by atoms with E-state index in [1.165, 1.54) is 0 Å². The van der Waals surface area contributed by atoms with Crippen LogP contribution in [0.4, 0.5) is 10.6 Å². The van der Waals surface area contributed by atoms with Crippen LogP contribution in [0.1, 0.15) is 46.1 Å². The fourth-order valence-electron chi connectivity index (χ4n) is 1.94. The maximum absolute atomic E-state index is 12.3. The minimum Gasteiger partial charge on any atom is -0.396 e. The Bertz CT molecular complexity index is 396. The molecular formula is C14H26N4O2. The summed E-state index contributed by atoms with van der Waals surface area (Å²) in [6, 6.07) is 1.86. The van der Waals surface area contributed by atoms with Crippen molar-refractivity contribution in [2.24, 2.45) is 0 Å². The average molecular weight is 282 g/mol. The average Bonchev–Trinajstić information content (AvgIpc) is 2.87. The minimum atomic E-state index is -0.130. The van der Waals surface area contributed by atoms with E-state index >= 15 is 0 Å². The number of rotatable bonds is 8. The van der Waals surface area contributed by atoms with Crippen molar-refractivity contribution < 1.29 is 9.90 Å². The van der Waals surface area contributed by atoms with Crippen LogP contribution in [-0.4, -0.2) is 45.5 Å². The molecule has 0 bridgehead atoms. The van der Waals surface area contributed by atoms with Crippen molar-refractivity contribution in [2.45, 2.75) is 46.1 Å². The van der Waals surface area contributed by atoms with E-state index in [9.17, 15) is 4.79 Å². The fourth-order valence-corrected chi connectivity index (χ4v) is 1.94. The molecule has 6 heteroatoms. The second kappa shape index (κ2) is 8.58. The zero-order valence-corrected chi connectivity index (χ0v) is 12.7. The van der Waals surface area contributed by atoms with E-state index in [4.69, 9.17) is 5.11 Å². The summed E-state index contributed by atoms with van der Waals surface area (Å²) in [7, 11) is 0. The van der Waals surface area contributed by atoms with Crippen molar-refractivity contribution in [1.82, 2.24) is 14.7 Å². The van der Waals surface area contributed by atoms with E-state index in [0.717, 1.165) is 12.8 Å². The quantitative estimate of drug-likeness (QED) is 0.769. The molecule has 0 fully saturated rings. The number of nitrogens with one attached hydrogen (secondary N) is 1. The molecule has 0 radical (unpaired) electrons. The largest absolute Gasteiger partial charge is 0.396 e. The van der Waals surface area contributed by atoms with E-state index in [0.29, 0.717) is 25.3 Å². The highest BCUT2D eigenvalue weighted by atomic mass is 16.3. The number of anilines is 1. The molecule has 0 saturated carbocycles. The highest BCUT2D eigenvalue weighted by molar-refractivity contribution is 5.88. The van der Waals surface area contributed by atoms with Gasteiger partial charge in [-0.1, -0.05) is 13.3 Å². The van der Waals surface area contributed by atoms with Crippen molar-refractivity contribution >= 4 is 11.8 Å². The van der Waals surface area contributed by atoms with Crippen LogP contribution in [0.2, 0.25) is 0 Å². The number of unbranched alkanes of at least 4 members (excludes halogenated alkanes) is 1. The van der Waals surface area contributed by atoms with Crippen molar-refractivity contribution in [1.29, 1.82) is 0 Å². The molecule has 0 unspecified atom stereocenters. The van der Waals surface area contributed by atoms with Gasteiger partial charge in [0.15, 0.2) is 0 Å². The van der Waals surface area contributed by atoms with Gasteiger partial charge >= 0.3 is 6.03 Å². The Hall–Kier alpha value is -1.56. The molecule has 1 aromatic heterocycles. The Morgan fingerprint density at radius 2 is 2.15 bits per heavy atom. The molecule has 0 aromatic carbocycles. The van der Waals surface area contributed by atoms with E-state index in [1.807, 2.05) is 13.8 Å². The van der Waals surface area contributed by atoms with Gasteiger partial charge in [-0.3, -0.25) is 5.32 Å². The number of hydrogen-bond acceptors (Lipinski definition) is 3. The predicted molar refractivity (Wildman–Crippen MR) is 79.8 cm³/mol. The van der Waals surface area contributed by atoms with E-state index in [-0.39, 0.29) is 18.7 Å². The summed E-state index contributed by atoms with van der Waals surface area (Å²) in [5.41, 5.74) is 0. The Morgan fingerprint density at radius 3 is 2.75 bits per heavy atom. The highest BCUT2D eigenvalue weighted by Crippen LogP contribution is 2.14. The van der Waals surface area contributed by atoms with Crippen LogP contribution in [0.25, 0.3) is 0 Å². The van der Waals surface area contributed by atoms with Crippen LogP contribution in [-0.2, 0) is 0 Å². The van der Waals surface area contributed by atoms with Gasteiger partial charge in [0.1, 0.15) is 5.82 Å². The van der Waals surface area contributed by atoms with Crippen LogP contribution < -0.4 is 5.32 Å². The maximum atomic E-state index is 12.3. The van der Waals surface area contributed by atoms with Gasteiger partial charge in [0.05, 0.1) is 6.20 Å². The third-order valence-electron chi connectivity index (χ3n) is 3.05. The van der Waals surface area contributed by atoms with Gasteiger partial charge in [0, 0.05) is 31.8 Å². The smallest absolute Gasteiger partial charge is 0.323 e.